The lowest BCUT2D eigenvalue weighted by Gasteiger charge is -2.09. The van der Waals surface area contributed by atoms with Crippen molar-refractivity contribution in [2.45, 2.75) is 24.8 Å². The summed E-state index contributed by atoms with van der Waals surface area (Å²) in [5.74, 6) is 0.893. The lowest BCUT2D eigenvalue weighted by molar-refractivity contribution is 0.892. The SMILES string of the molecule is Cc1cc(C)cc(-n2ccnc2SCc2ccncc2)c1. The fourth-order valence-electron chi connectivity index (χ4n) is 2.31. The molecule has 2 aromatic heterocycles. The quantitative estimate of drug-likeness (QED) is 0.677. The van der Waals surface area contributed by atoms with Gasteiger partial charge in [0.15, 0.2) is 5.16 Å². The molecule has 0 N–H and O–H groups in total. The number of aromatic nitrogens is 3. The number of aryl methyl sites for hydroxylation is 2. The Bertz CT molecular complexity index is 715. The van der Waals surface area contributed by atoms with Crippen LogP contribution in [0.3, 0.4) is 0 Å². The molecule has 0 aliphatic carbocycles. The summed E-state index contributed by atoms with van der Waals surface area (Å²) in [7, 11) is 0. The lowest BCUT2D eigenvalue weighted by atomic mass is 10.1. The minimum absolute atomic E-state index is 0.893. The standard InChI is InChI=1S/C17H17N3S/c1-13-9-14(2)11-16(10-13)20-8-7-19-17(20)21-12-15-3-5-18-6-4-15/h3-11H,12H2,1-2H3. The van der Waals surface area contributed by atoms with Gasteiger partial charge >= 0.3 is 0 Å². The van der Waals surface area contributed by atoms with Crippen LogP contribution in [0.1, 0.15) is 16.7 Å². The first-order chi connectivity index (χ1) is 10.2. The summed E-state index contributed by atoms with van der Waals surface area (Å²) in [6, 6.07) is 10.6. The number of hydrogen-bond donors (Lipinski definition) is 0. The maximum atomic E-state index is 4.48. The van der Waals surface area contributed by atoms with Crippen LogP contribution in [0.25, 0.3) is 5.69 Å². The maximum absolute atomic E-state index is 4.48. The molecule has 2 heterocycles. The van der Waals surface area contributed by atoms with Crippen LogP contribution < -0.4 is 0 Å². The highest BCUT2D eigenvalue weighted by Crippen LogP contribution is 2.24. The van der Waals surface area contributed by atoms with E-state index in [4.69, 9.17) is 0 Å². The van der Waals surface area contributed by atoms with Crippen molar-refractivity contribution in [3.8, 4) is 5.69 Å². The van der Waals surface area contributed by atoms with Gasteiger partial charge in [-0.2, -0.15) is 0 Å². The van der Waals surface area contributed by atoms with Crippen LogP contribution in [0.2, 0.25) is 0 Å². The number of thioether (sulfide) groups is 1. The molecule has 0 saturated heterocycles. The Morgan fingerprint density at radius 3 is 2.43 bits per heavy atom. The molecule has 0 spiro atoms. The minimum Gasteiger partial charge on any atom is -0.295 e. The van der Waals surface area contributed by atoms with Gasteiger partial charge in [0.25, 0.3) is 0 Å². The van der Waals surface area contributed by atoms with Gasteiger partial charge in [-0.1, -0.05) is 17.8 Å². The molecule has 21 heavy (non-hydrogen) atoms. The van der Waals surface area contributed by atoms with Gasteiger partial charge in [-0.05, 0) is 54.8 Å². The molecule has 4 heteroatoms. The number of hydrogen-bond acceptors (Lipinski definition) is 3. The average molecular weight is 295 g/mol. The normalized spacial score (nSPS) is 10.8. The zero-order valence-corrected chi connectivity index (χ0v) is 13.0. The van der Waals surface area contributed by atoms with Crippen molar-refractivity contribution in [1.82, 2.24) is 14.5 Å². The van der Waals surface area contributed by atoms with E-state index in [1.165, 1.54) is 22.4 Å². The molecule has 106 valence electrons. The summed E-state index contributed by atoms with van der Waals surface area (Å²) in [5.41, 5.74) is 4.96. The van der Waals surface area contributed by atoms with Gasteiger partial charge in [0.2, 0.25) is 0 Å². The van der Waals surface area contributed by atoms with Crippen molar-refractivity contribution in [1.29, 1.82) is 0 Å². The molecule has 0 radical (unpaired) electrons. The van der Waals surface area contributed by atoms with Crippen molar-refractivity contribution in [2.24, 2.45) is 0 Å². The van der Waals surface area contributed by atoms with Crippen LogP contribution in [0.5, 0.6) is 0 Å². The van der Waals surface area contributed by atoms with E-state index in [2.05, 4.69) is 46.6 Å². The molecular weight excluding hydrogens is 278 g/mol. The molecule has 0 saturated carbocycles. The van der Waals surface area contributed by atoms with Crippen molar-refractivity contribution in [2.75, 3.05) is 0 Å². The first-order valence-corrected chi connectivity index (χ1v) is 7.84. The van der Waals surface area contributed by atoms with Crippen LogP contribution in [0, 0.1) is 13.8 Å². The predicted molar refractivity (Wildman–Crippen MR) is 86.8 cm³/mol. The Morgan fingerprint density at radius 1 is 1.00 bits per heavy atom. The van der Waals surface area contributed by atoms with Crippen molar-refractivity contribution < 1.29 is 0 Å². The summed E-state index contributed by atoms with van der Waals surface area (Å²) in [6.45, 7) is 4.24. The van der Waals surface area contributed by atoms with Gasteiger partial charge in [-0.25, -0.2) is 4.98 Å². The van der Waals surface area contributed by atoms with Crippen LogP contribution in [0.4, 0.5) is 0 Å². The molecule has 0 unspecified atom stereocenters. The fourth-order valence-corrected chi connectivity index (χ4v) is 3.24. The first-order valence-electron chi connectivity index (χ1n) is 6.86. The molecular formula is C17H17N3S. The van der Waals surface area contributed by atoms with Crippen LogP contribution in [-0.2, 0) is 5.75 Å². The number of nitrogens with zero attached hydrogens (tertiary/aromatic N) is 3. The summed E-state index contributed by atoms with van der Waals surface area (Å²) in [6.07, 6.45) is 7.52. The lowest BCUT2D eigenvalue weighted by Crippen LogP contribution is -1.96. The third-order valence-electron chi connectivity index (χ3n) is 3.21. The largest absolute Gasteiger partial charge is 0.295 e. The van der Waals surface area contributed by atoms with E-state index in [0.717, 1.165) is 10.9 Å². The molecule has 0 aliphatic rings. The second-order valence-electron chi connectivity index (χ2n) is 5.07. The van der Waals surface area contributed by atoms with E-state index in [0.29, 0.717) is 0 Å². The third kappa shape index (κ3) is 3.34. The highest BCUT2D eigenvalue weighted by molar-refractivity contribution is 7.98. The molecule has 0 aliphatic heterocycles. The van der Waals surface area contributed by atoms with Gasteiger partial charge in [-0.3, -0.25) is 9.55 Å². The van der Waals surface area contributed by atoms with Crippen LogP contribution >= 0.6 is 11.8 Å². The second-order valence-corrected chi connectivity index (χ2v) is 6.01. The van der Waals surface area contributed by atoms with Crippen LogP contribution in [0.15, 0.2) is 60.3 Å². The summed E-state index contributed by atoms with van der Waals surface area (Å²) in [5, 5.41) is 1.01. The smallest absolute Gasteiger partial charge is 0.172 e. The number of imidazole rings is 1. The highest BCUT2D eigenvalue weighted by atomic mass is 32.2. The monoisotopic (exact) mass is 295 g/mol. The van der Waals surface area contributed by atoms with E-state index in [1.807, 2.05) is 36.9 Å². The van der Waals surface area contributed by atoms with Gasteiger partial charge in [0.1, 0.15) is 0 Å². The first kappa shape index (κ1) is 13.9. The predicted octanol–water partition coefficient (Wildman–Crippen LogP) is 4.18. The van der Waals surface area contributed by atoms with Gasteiger partial charge in [0, 0.05) is 36.2 Å². The number of benzene rings is 1. The summed E-state index contributed by atoms with van der Waals surface area (Å²) in [4.78, 5) is 8.52. The Hall–Kier alpha value is -2.07. The second kappa shape index (κ2) is 6.14. The Kier molecular flexibility index (Phi) is 4.06. The number of rotatable bonds is 4. The minimum atomic E-state index is 0.893. The van der Waals surface area contributed by atoms with Crippen molar-refractivity contribution >= 4 is 11.8 Å². The zero-order chi connectivity index (χ0) is 14.7. The number of pyridine rings is 1. The topological polar surface area (TPSA) is 30.7 Å². The molecule has 0 bridgehead atoms. The summed E-state index contributed by atoms with van der Waals surface area (Å²) >= 11 is 1.74. The van der Waals surface area contributed by atoms with E-state index < -0.39 is 0 Å². The molecule has 3 nitrogen and oxygen atoms in total. The molecule has 3 aromatic rings. The van der Waals surface area contributed by atoms with Crippen molar-refractivity contribution in [3.05, 3.63) is 71.8 Å². The van der Waals surface area contributed by atoms with E-state index in [1.54, 1.807) is 11.8 Å². The van der Waals surface area contributed by atoms with Crippen molar-refractivity contribution in [3.63, 3.8) is 0 Å². The zero-order valence-electron chi connectivity index (χ0n) is 12.2. The maximum Gasteiger partial charge on any atom is 0.172 e. The molecule has 3 rings (SSSR count). The Balaban J connectivity index is 1.84. The highest BCUT2D eigenvalue weighted by Gasteiger charge is 2.07. The molecule has 0 atom stereocenters. The third-order valence-corrected chi connectivity index (χ3v) is 4.25. The Morgan fingerprint density at radius 2 is 1.71 bits per heavy atom. The Labute approximate surface area is 129 Å². The van der Waals surface area contributed by atoms with E-state index in [-0.39, 0.29) is 0 Å². The molecule has 0 fully saturated rings. The summed E-state index contributed by atoms with van der Waals surface area (Å²) < 4.78 is 2.14. The van der Waals surface area contributed by atoms with E-state index >= 15 is 0 Å². The van der Waals surface area contributed by atoms with Gasteiger partial charge in [0.05, 0.1) is 0 Å². The van der Waals surface area contributed by atoms with Gasteiger partial charge < -0.3 is 0 Å². The fraction of sp³-hybridized carbons (Fsp3) is 0.176. The average Bonchev–Trinajstić information content (AvgIpc) is 2.93. The van der Waals surface area contributed by atoms with E-state index in [9.17, 15) is 0 Å². The van der Waals surface area contributed by atoms with Gasteiger partial charge in [-0.15, -0.1) is 0 Å². The van der Waals surface area contributed by atoms with Crippen LogP contribution in [-0.4, -0.2) is 14.5 Å². The molecule has 0 amide bonds. The molecule has 1 aromatic carbocycles.